The van der Waals surface area contributed by atoms with E-state index in [1.165, 1.54) is 17.8 Å². The van der Waals surface area contributed by atoms with Crippen molar-refractivity contribution in [3.05, 3.63) is 156 Å². The summed E-state index contributed by atoms with van der Waals surface area (Å²) in [5.74, 6) is -1.65. The normalized spacial score (nSPS) is 21.4. The van der Waals surface area contributed by atoms with Gasteiger partial charge in [-0.15, -0.1) is 6.42 Å². The fourth-order valence-corrected chi connectivity index (χ4v) is 7.74. The zero-order chi connectivity index (χ0) is 36.5. The molecule has 1 N–H and O–H groups in total. The van der Waals surface area contributed by atoms with Crippen LogP contribution in [0, 0.1) is 24.1 Å². The molecule has 11 heteroatoms. The average molecular weight is 811 g/mol. The summed E-state index contributed by atoms with van der Waals surface area (Å²) in [5.41, 5.74) is -0.345. The van der Waals surface area contributed by atoms with Gasteiger partial charge in [0.1, 0.15) is 23.4 Å². The second-order valence-corrected chi connectivity index (χ2v) is 13.2. The number of anilines is 1. The first-order valence-corrected chi connectivity index (χ1v) is 18.0. The number of carbonyl (C=O) groups excluding carboxylic acids is 1. The van der Waals surface area contributed by atoms with E-state index in [-0.39, 0.29) is 26.8 Å². The highest BCUT2D eigenvalue weighted by atomic mass is 127. The molecule has 4 aromatic carbocycles. The van der Waals surface area contributed by atoms with Crippen LogP contribution in [0.5, 0.6) is 5.75 Å². The first kappa shape index (κ1) is 35.1. The Balaban J connectivity index is 1.41. The lowest BCUT2D eigenvalue weighted by Gasteiger charge is -2.37. The topological polar surface area (TPSA) is 87.5 Å². The summed E-state index contributed by atoms with van der Waals surface area (Å²) in [6.07, 6.45) is 7.04. The molecule has 1 aliphatic rings. The number of nitrogens with zero attached hydrogens (tertiary/aromatic N) is 3. The van der Waals surface area contributed by atoms with Crippen molar-refractivity contribution in [2.75, 3.05) is 16.9 Å². The number of esters is 1. The minimum atomic E-state index is -2.33. The van der Waals surface area contributed by atoms with Crippen LogP contribution in [-0.2, 0) is 15.0 Å². The molecule has 52 heavy (non-hydrogen) atoms. The van der Waals surface area contributed by atoms with Gasteiger partial charge in [-0.2, -0.15) is 0 Å². The van der Waals surface area contributed by atoms with Crippen LogP contribution in [0.25, 0.3) is 11.0 Å². The van der Waals surface area contributed by atoms with Crippen LogP contribution in [0.1, 0.15) is 40.2 Å². The van der Waals surface area contributed by atoms with E-state index >= 15 is 8.78 Å². The summed E-state index contributed by atoms with van der Waals surface area (Å²) in [6, 6.07) is 35.3. The highest BCUT2D eigenvalue weighted by molar-refractivity contribution is 14.1. The Morgan fingerprint density at radius 2 is 1.54 bits per heavy atom. The molecule has 0 bridgehead atoms. The second-order valence-electron chi connectivity index (χ2n) is 12.4. The molecule has 0 aliphatic carbocycles. The second kappa shape index (κ2) is 14.0. The molecule has 0 unspecified atom stereocenters. The number of alkyl halides is 2. The van der Waals surface area contributed by atoms with Gasteiger partial charge in [-0.25, -0.2) is 23.5 Å². The first-order chi connectivity index (χ1) is 25.2. The van der Waals surface area contributed by atoms with Gasteiger partial charge in [-0.05, 0) is 41.0 Å². The van der Waals surface area contributed by atoms with Crippen molar-refractivity contribution in [1.82, 2.24) is 14.5 Å². The van der Waals surface area contributed by atoms with E-state index in [1.807, 2.05) is 108 Å². The van der Waals surface area contributed by atoms with Crippen LogP contribution in [0.3, 0.4) is 0 Å². The van der Waals surface area contributed by atoms with Gasteiger partial charge >= 0.3 is 5.97 Å². The monoisotopic (exact) mass is 810 g/mol. The quantitative estimate of drug-likeness (QED) is 0.0489. The first-order valence-electron chi connectivity index (χ1n) is 16.4. The average Bonchev–Trinajstić information content (AvgIpc) is 3.65. The minimum Gasteiger partial charge on any atom is -0.497 e. The lowest BCUT2D eigenvalue weighted by atomic mass is 9.77. The van der Waals surface area contributed by atoms with Crippen LogP contribution in [0.15, 0.2) is 128 Å². The molecule has 0 spiro atoms. The maximum Gasteiger partial charge on any atom is 0.339 e. The number of halogens is 3. The van der Waals surface area contributed by atoms with Crippen LogP contribution in [-0.4, -0.2) is 43.5 Å². The predicted molar refractivity (Wildman–Crippen MR) is 202 cm³/mol. The highest BCUT2D eigenvalue weighted by Gasteiger charge is 2.66. The molecule has 0 amide bonds. The number of aromatic nitrogens is 3. The summed E-state index contributed by atoms with van der Waals surface area (Å²) in [7, 11) is 1.60. The number of hydrogen-bond acceptors (Lipinski definition) is 7. The third-order valence-electron chi connectivity index (χ3n) is 9.70. The van der Waals surface area contributed by atoms with Crippen molar-refractivity contribution < 1.29 is 27.8 Å². The van der Waals surface area contributed by atoms with Crippen molar-refractivity contribution in [2.45, 2.75) is 30.1 Å². The molecule has 4 atom stereocenters. The van der Waals surface area contributed by atoms with Crippen molar-refractivity contribution in [1.29, 1.82) is 0 Å². The lowest BCUT2D eigenvalue weighted by molar-refractivity contribution is -0.154. The molecule has 6 aromatic rings. The number of fused-ring (bicyclic) bond motifs is 1. The fraction of sp³-hybridized carbons (Fsp3) is 0.195. The molecular formula is C41H33F2IN4O4. The molecule has 1 saturated heterocycles. The van der Waals surface area contributed by atoms with E-state index in [9.17, 15) is 4.79 Å². The molecule has 2 aromatic heterocycles. The molecule has 1 fully saturated rings. The van der Waals surface area contributed by atoms with Gasteiger partial charge in [0.25, 0.3) is 0 Å². The van der Waals surface area contributed by atoms with Gasteiger partial charge < -0.3 is 19.5 Å². The van der Waals surface area contributed by atoms with Gasteiger partial charge in [-0.1, -0.05) is 126 Å². The Kier molecular flexibility index (Phi) is 9.46. The number of methoxy groups -OCH3 is 1. The summed E-state index contributed by atoms with van der Waals surface area (Å²) in [4.78, 5) is 22.5. The number of nitrogens with one attached hydrogen (secondary N) is 1. The van der Waals surface area contributed by atoms with Crippen molar-refractivity contribution in [3.63, 3.8) is 0 Å². The number of hydrogen-bond donors (Lipinski definition) is 1. The Bertz CT molecular complexity index is 2210. The molecular weight excluding hydrogens is 777 g/mol. The largest absolute Gasteiger partial charge is 0.497 e. The molecule has 262 valence electrons. The SMILES string of the molecule is C#C[C@]1(OC(=O)c2ccccc2)[C@H](n2cc(F)c3c(NC(c4ccccc4)(c4ccccc4)c4ccc(OC)cc4)ncnc32)O[C@](F)(CI)[C@H]1C. The molecule has 8 nitrogen and oxygen atoms in total. The highest BCUT2D eigenvalue weighted by Crippen LogP contribution is 2.53. The van der Waals surface area contributed by atoms with Crippen molar-refractivity contribution in [3.8, 4) is 18.1 Å². The van der Waals surface area contributed by atoms with Gasteiger partial charge in [-0.3, -0.25) is 4.57 Å². The molecule has 3 heterocycles. The van der Waals surface area contributed by atoms with E-state index in [1.54, 1.807) is 37.4 Å². The molecule has 1 aliphatic heterocycles. The van der Waals surface area contributed by atoms with Crippen LogP contribution >= 0.6 is 22.6 Å². The number of terminal acetylenes is 1. The van der Waals surface area contributed by atoms with Crippen LogP contribution in [0.4, 0.5) is 14.6 Å². The van der Waals surface area contributed by atoms with Crippen LogP contribution < -0.4 is 10.1 Å². The van der Waals surface area contributed by atoms with E-state index in [0.29, 0.717) is 5.75 Å². The van der Waals surface area contributed by atoms with E-state index in [4.69, 9.17) is 20.6 Å². The van der Waals surface area contributed by atoms with Crippen molar-refractivity contribution >= 4 is 45.4 Å². The maximum atomic E-state index is 16.6. The number of benzene rings is 4. The van der Waals surface area contributed by atoms with E-state index in [0.717, 1.165) is 22.9 Å². The number of carbonyl (C=O) groups is 1. The zero-order valence-electron chi connectivity index (χ0n) is 28.2. The predicted octanol–water partition coefficient (Wildman–Crippen LogP) is 8.48. The third-order valence-corrected chi connectivity index (χ3v) is 10.7. The summed E-state index contributed by atoms with van der Waals surface area (Å²) in [5, 5.41) is 3.60. The fourth-order valence-electron chi connectivity index (χ4n) is 6.90. The Labute approximate surface area is 313 Å². The number of ether oxygens (including phenoxy) is 3. The van der Waals surface area contributed by atoms with Gasteiger partial charge in [0, 0.05) is 6.20 Å². The van der Waals surface area contributed by atoms with E-state index in [2.05, 4.69) is 21.2 Å². The van der Waals surface area contributed by atoms with Crippen LogP contribution in [0.2, 0.25) is 0 Å². The standard InChI is InChI=1S/C41H33F2IN4O4/c1-4-39(51-37(49)28-14-8-5-9-15-28)27(2)40(43,25-44)52-38(39)48-24-33(42)34-35(45-26-46-36(34)48)47-41(29-16-10-6-11-17-29,30-18-12-7-13-19-30)31-20-22-32(50-3)23-21-31/h1,5-24,26-27,38H,25H2,2-3H3,(H,45,46,47)/t27-,38+,39+,40+/m0/s1. The molecule has 0 radical (unpaired) electrons. The Morgan fingerprint density at radius 3 is 2.10 bits per heavy atom. The van der Waals surface area contributed by atoms with E-state index < -0.39 is 40.9 Å². The summed E-state index contributed by atoms with van der Waals surface area (Å²) in [6.45, 7) is 1.52. The smallest absolute Gasteiger partial charge is 0.339 e. The Hall–Kier alpha value is -5.32. The molecule has 7 rings (SSSR count). The molecule has 0 saturated carbocycles. The zero-order valence-corrected chi connectivity index (χ0v) is 30.3. The van der Waals surface area contributed by atoms with Gasteiger partial charge in [0.15, 0.2) is 17.7 Å². The van der Waals surface area contributed by atoms with Gasteiger partial charge in [0.2, 0.25) is 11.5 Å². The third kappa shape index (κ3) is 5.76. The minimum absolute atomic E-state index is 0.00496. The van der Waals surface area contributed by atoms with Gasteiger partial charge in [0.05, 0.1) is 28.4 Å². The lowest BCUT2D eigenvalue weighted by Crippen LogP contribution is -2.46. The summed E-state index contributed by atoms with van der Waals surface area (Å²) < 4.78 is 51.8. The number of rotatable bonds is 10. The van der Waals surface area contributed by atoms with Crippen molar-refractivity contribution in [2.24, 2.45) is 5.92 Å². The Morgan fingerprint density at radius 1 is 0.962 bits per heavy atom. The maximum absolute atomic E-state index is 16.6. The summed E-state index contributed by atoms with van der Waals surface area (Å²) >= 11 is 1.86.